The highest BCUT2D eigenvalue weighted by Gasteiger charge is 2.59. The number of para-hydroxylation sites is 1. The van der Waals surface area contributed by atoms with Gasteiger partial charge in [-0.3, -0.25) is 9.59 Å². The Balaban J connectivity index is 1.76. The summed E-state index contributed by atoms with van der Waals surface area (Å²) in [6.07, 6.45) is 1.38. The van der Waals surface area contributed by atoms with Gasteiger partial charge in [0.05, 0.1) is 22.2 Å². The van der Waals surface area contributed by atoms with E-state index in [0.29, 0.717) is 36.5 Å². The number of hydrogen-bond donors (Lipinski definition) is 1. The summed E-state index contributed by atoms with van der Waals surface area (Å²) >= 11 is 6.07. The highest BCUT2D eigenvalue weighted by Crippen LogP contribution is 2.49. The lowest BCUT2D eigenvalue weighted by Crippen LogP contribution is -2.48. The molecule has 136 valence electrons. The van der Waals surface area contributed by atoms with Crippen molar-refractivity contribution in [3.63, 3.8) is 0 Å². The first-order valence-electron chi connectivity index (χ1n) is 8.36. The SMILES string of the molecule is CCN(C(=O)C1(C(=O)Nc2ccccc2Cl)CC1)C1CCS(=O)(=O)C1. The summed E-state index contributed by atoms with van der Waals surface area (Å²) in [5, 5.41) is 3.15. The predicted molar refractivity (Wildman–Crippen MR) is 96.2 cm³/mol. The summed E-state index contributed by atoms with van der Waals surface area (Å²) in [7, 11) is -3.10. The topological polar surface area (TPSA) is 83.6 Å². The molecule has 1 atom stereocenters. The maximum atomic E-state index is 13.0. The van der Waals surface area contributed by atoms with Crippen molar-refractivity contribution in [2.24, 2.45) is 5.41 Å². The Hall–Kier alpha value is -1.60. The first-order valence-corrected chi connectivity index (χ1v) is 10.6. The van der Waals surface area contributed by atoms with Crippen molar-refractivity contribution >= 4 is 38.9 Å². The van der Waals surface area contributed by atoms with Gasteiger partial charge >= 0.3 is 0 Å². The lowest BCUT2D eigenvalue weighted by Gasteiger charge is -2.30. The van der Waals surface area contributed by atoms with Crippen LogP contribution in [0.2, 0.25) is 5.02 Å². The first kappa shape index (κ1) is 18.2. The molecule has 1 saturated heterocycles. The molecular formula is C17H21ClN2O4S. The third-order valence-corrected chi connectivity index (χ3v) is 7.05. The molecule has 1 saturated carbocycles. The Morgan fingerprint density at radius 3 is 2.52 bits per heavy atom. The third kappa shape index (κ3) is 3.53. The molecule has 6 nitrogen and oxygen atoms in total. The molecule has 1 aromatic rings. The number of anilines is 1. The molecule has 1 N–H and O–H groups in total. The number of carbonyl (C=O) groups excluding carboxylic acids is 2. The van der Waals surface area contributed by atoms with Crippen LogP contribution in [0.1, 0.15) is 26.2 Å². The molecule has 3 rings (SSSR count). The fourth-order valence-corrected chi connectivity index (χ4v) is 5.24. The van der Waals surface area contributed by atoms with Crippen molar-refractivity contribution < 1.29 is 18.0 Å². The zero-order valence-corrected chi connectivity index (χ0v) is 15.6. The second kappa shape index (κ2) is 6.61. The number of carbonyl (C=O) groups is 2. The Morgan fingerprint density at radius 1 is 1.32 bits per heavy atom. The molecule has 8 heteroatoms. The molecule has 1 unspecified atom stereocenters. The second-order valence-electron chi connectivity index (χ2n) is 6.66. The zero-order chi connectivity index (χ0) is 18.2. The van der Waals surface area contributed by atoms with Crippen LogP contribution in [0.25, 0.3) is 0 Å². The van der Waals surface area contributed by atoms with Crippen LogP contribution in [0.15, 0.2) is 24.3 Å². The molecule has 0 radical (unpaired) electrons. The average molecular weight is 385 g/mol. The number of amides is 2. The van der Waals surface area contributed by atoms with Gasteiger partial charge in [-0.1, -0.05) is 23.7 Å². The van der Waals surface area contributed by atoms with Gasteiger partial charge in [0, 0.05) is 12.6 Å². The molecule has 0 bridgehead atoms. The van der Waals surface area contributed by atoms with E-state index < -0.39 is 15.3 Å². The highest BCUT2D eigenvalue weighted by atomic mass is 35.5. The van der Waals surface area contributed by atoms with Crippen molar-refractivity contribution in [3.8, 4) is 0 Å². The van der Waals surface area contributed by atoms with Crippen LogP contribution in [-0.2, 0) is 19.4 Å². The number of nitrogens with zero attached hydrogens (tertiary/aromatic N) is 1. The number of sulfone groups is 1. The number of hydrogen-bond acceptors (Lipinski definition) is 4. The molecule has 1 aromatic carbocycles. The molecule has 0 spiro atoms. The standard InChI is InChI=1S/C17H21ClN2O4S/c1-2-20(12-7-10-25(23,24)11-12)16(22)17(8-9-17)15(21)19-14-6-4-3-5-13(14)18/h3-6,12H,2,7-11H2,1H3,(H,19,21). The van der Waals surface area contributed by atoms with E-state index in [1.165, 1.54) is 0 Å². The van der Waals surface area contributed by atoms with E-state index >= 15 is 0 Å². The maximum absolute atomic E-state index is 13.0. The van der Waals surface area contributed by atoms with Gasteiger partial charge in [0.2, 0.25) is 11.8 Å². The van der Waals surface area contributed by atoms with Crippen molar-refractivity contribution in [2.45, 2.75) is 32.2 Å². The Bertz CT molecular complexity index is 805. The van der Waals surface area contributed by atoms with E-state index in [1.54, 1.807) is 29.2 Å². The molecule has 1 aliphatic carbocycles. The minimum absolute atomic E-state index is 0.0191. The van der Waals surface area contributed by atoms with Gasteiger partial charge in [0.1, 0.15) is 5.41 Å². The van der Waals surface area contributed by atoms with Crippen LogP contribution in [0.4, 0.5) is 5.69 Å². The summed E-state index contributed by atoms with van der Waals surface area (Å²) in [5.41, 5.74) is -0.624. The van der Waals surface area contributed by atoms with Crippen LogP contribution in [-0.4, -0.2) is 49.2 Å². The minimum atomic E-state index is -3.10. The van der Waals surface area contributed by atoms with Crippen LogP contribution in [0.3, 0.4) is 0 Å². The Labute approximate surface area is 152 Å². The van der Waals surface area contributed by atoms with Crippen molar-refractivity contribution in [3.05, 3.63) is 29.3 Å². The molecule has 25 heavy (non-hydrogen) atoms. The fourth-order valence-electron chi connectivity index (χ4n) is 3.33. The number of rotatable bonds is 5. The van der Waals surface area contributed by atoms with Gasteiger partial charge in [-0.05, 0) is 38.3 Å². The average Bonchev–Trinajstić information content (AvgIpc) is 3.30. The van der Waals surface area contributed by atoms with Gasteiger partial charge < -0.3 is 10.2 Å². The largest absolute Gasteiger partial charge is 0.338 e. The maximum Gasteiger partial charge on any atom is 0.240 e. The quantitative estimate of drug-likeness (QED) is 0.788. The molecule has 2 fully saturated rings. The Morgan fingerprint density at radius 2 is 2.00 bits per heavy atom. The molecule has 2 aliphatic rings. The summed E-state index contributed by atoms with van der Waals surface area (Å²) in [5.74, 6) is -0.568. The molecule has 0 aromatic heterocycles. The summed E-state index contributed by atoms with van der Waals surface area (Å²) < 4.78 is 23.5. The van der Waals surface area contributed by atoms with Crippen molar-refractivity contribution in [1.82, 2.24) is 4.90 Å². The second-order valence-corrected chi connectivity index (χ2v) is 9.30. The normalized spacial score (nSPS) is 23.0. The monoisotopic (exact) mass is 384 g/mol. The van der Waals surface area contributed by atoms with Crippen LogP contribution in [0, 0.1) is 5.41 Å². The van der Waals surface area contributed by atoms with E-state index in [1.807, 2.05) is 6.92 Å². The zero-order valence-electron chi connectivity index (χ0n) is 14.0. The van der Waals surface area contributed by atoms with E-state index in [2.05, 4.69) is 5.32 Å². The summed E-state index contributed by atoms with van der Waals surface area (Å²) in [6.45, 7) is 2.20. The van der Waals surface area contributed by atoms with Crippen LogP contribution in [0.5, 0.6) is 0 Å². The van der Waals surface area contributed by atoms with Gasteiger partial charge in [-0.2, -0.15) is 0 Å². The molecule has 2 amide bonds. The van der Waals surface area contributed by atoms with Crippen molar-refractivity contribution in [2.75, 3.05) is 23.4 Å². The first-order chi connectivity index (χ1) is 11.8. The van der Waals surface area contributed by atoms with Gasteiger partial charge in [-0.15, -0.1) is 0 Å². The Kier molecular flexibility index (Phi) is 4.81. The van der Waals surface area contributed by atoms with E-state index in [0.717, 1.165) is 0 Å². The molecular weight excluding hydrogens is 364 g/mol. The van der Waals surface area contributed by atoms with Gasteiger partial charge in [-0.25, -0.2) is 8.42 Å². The highest BCUT2D eigenvalue weighted by molar-refractivity contribution is 7.91. The third-order valence-electron chi connectivity index (χ3n) is 4.97. The smallest absolute Gasteiger partial charge is 0.240 e. The number of nitrogens with one attached hydrogen (secondary N) is 1. The fraction of sp³-hybridized carbons (Fsp3) is 0.529. The lowest BCUT2D eigenvalue weighted by molar-refractivity contribution is -0.143. The van der Waals surface area contributed by atoms with Crippen LogP contribution < -0.4 is 5.32 Å². The molecule has 1 heterocycles. The van der Waals surface area contributed by atoms with E-state index in [9.17, 15) is 18.0 Å². The minimum Gasteiger partial charge on any atom is -0.338 e. The predicted octanol–water partition coefficient (Wildman–Crippen LogP) is 2.09. The summed E-state index contributed by atoms with van der Waals surface area (Å²) in [4.78, 5) is 27.3. The van der Waals surface area contributed by atoms with E-state index in [4.69, 9.17) is 11.6 Å². The summed E-state index contributed by atoms with van der Waals surface area (Å²) in [6, 6.07) is 6.52. The molecule has 1 aliphatic heterocycles. The van der Waals surface area contributed by atoms with Crippen molar-refractivity contribution in [1.29, 1.82) is 0 Å². The number of benzene rings is 1. The van der Waals surface area contributed by atoms with Gasteiger partial charge in [0.25, 0.3) is 0 Å². The van der Waals surface area contributed by atoms with Crippen LogP contribution >= 0.6 is 11.6 Å². The lowest BCUT2D eigenvalue weighted by atomic mass is 10.0. The van der Waals surface area contributed by atoms with E-state index in [-0.39, 0.29) is 29.4 Å². The number of halogens is 1. The van der Waals surface area contributed by atoms with Gasteiger partial charge in [0.15, 0.2) is 9.84 Å².